The van der Waals surface area contributed by atoms with Crippen molar-refractivity contribution in [2.75, 3.05) is 26.4 Å². The molecule has 7 nitrogen and oxygen atoms in total. The van der Waals surface area contributed by atoms with E-state index in [1.54, 1.807) is 17.6 Å². The van der Waals surface area contributed by atoms with Crippen LogP contribution in [0.1, 0.15) is 24.2 Å². The van der Waals surface area contributed by atoms with E-state index in [1.165, 1.54) is 6.20 Å². The lowest BCUT2D eigenvalue weighted by molar-refractivity contribution is -0.151. The van der Waals surface area contributed by atoms with Gasteiger partial charge in [-0.15, -0.1) is 0 Å². The minimum absolute atomic E-state index is 0.0297. The van der Waals surface area contributed by atoms with Crippen LogP contribution in [0.2, 0.25) is 0 Å². The average molecular weight is 475 g/mol. The van der Waals surface area contributed by atoms with Gasteiger partial charge in [-0.3, -0.25) is 4.79 Å². The van der Waals surface area contributed by atoms with Gasteiger partial charge in [0.05, 0.1) is 31.9 Å². The van der Waals surface area contributed by atoms with Crippen molar-refractivity contribution in [3.63, 3.8) is 0 Å². The Balaban J connectivity index is 2.54. The lowest BCUT2D eigenvalue weighted by Crippen LogP contribution is -2.28. The number of benzene rings is 1. The fourth-order valence-electron chi connectivity index (χ4n) is 2.55. The quantitative estimate of drug-likeness (QED) is 0.340. The number of carbonyl (C=O) groups excluding carboxylic acids is 1. The van der Waals surface area contributed by atoms with Crippen LogP contribution in [0.15, 0.2) is 29.2 Å². The van der Waals surface area contributed by atoms with Crippen molar-refractivity contribution >= 4 is 39.5 Å². The first kappa shape index (κ1) is 20.8. The number of fused-ring (bicyclic) bond motifs is 1. The van der Waals surface area contributed by atoms with Crippen molar-refractivity contribution in [3.8, 4) is 0 Å². The molecule has 0 saturated carbocycles. The summed E-state index contributed by atoms with van der Waals surface area (Å²) in [5.74, 6) is -0.657. The number of ether oxygens (including phenoxy) is 3. The first-order valence-electron chi connectivity index (χ1n) is 8.35. The largest absolute Gasteiger partial charge is 0.462 e. The number of aliphatic hydroxyl groups is 1. The van der Waals surface area contributed by atoms with Gasteiger partial charge in [-0.25, -0.2) is 4.79 Å². The number of aromatic nitrogens is 1. The van der Waals surface area contributed by atoms with E-state index in [4.69, 9.17) is 19.3 Å². The average Bonchev–Trinajstić information content (AvgIpc) is 2.62. The third-order valence-corrected chi connectivity index (χ3v) is 4.30. The Morgan fingerprint density at radius 3 is 2.69 bits per heavy atom. The molecule has 1 unspecified atom stereocenters. The molecule has 0 bridgehead atoms. The number of esters is 1. The third-order valence-electron chi connectivity index (χ3n) is 3.63. The Bertz CT molecular complexity index is 819. The molecule has 1 aromatic carbocycles. The molecule has 2 rings (SSSR count). The summed E-state index contributed by atoms with van der Waals surface area (Å²) in [6, 6.07) is 5.37. The topological polar surface area (TPSA) is 87.0 Å². The lowest BCUT2D eigenvalue weighted by Gasteiger charge is -2.21. The first-order chi connectivity index (χ1) is 12.5. The molecule has 0 fully saturated rings. The Hall–Kier alpha value is -1.49. The summed E-state index contributed by atoms with van der Waals surface area (Å²) >= 11 is 2.16. The van der Waals surface area contributed by atoms with Crippen molar-refractivity contribution < 1.29 is 24.1 Å². The van der Waals surface area contributed by atoms with E-state index >= 15 is 0 Å². The summed E-state index contributed by atoms with van der Waals surface area (Å²) in [7, 11) is 0. The number of pyridine rings is 1. The van der Waals surface area contributed by atoms with Crippen LogP contribution in [-0.4, -0.2) is 48.4 Å². The minimum atomic E-state index is -0.657. The van der Waals surface area contributed by atoms with Gasteiger partial charge in [-0.2, -0.15) is 0 Å². The van der Waals surface area contributed by atoms with Crippen molar-refractivity contribution in [3.05, 3.63) is 43.8 Å². The molecule has 0 aliphatic heterocycles. The van der Waals surface area contributed by atoms with Gasteiger partial charge in [-0.1, -0.05) is 0 Å². The fourth-order valence-corrected chi connectivity index (χ4v) is 3.03. The van der Waals surface area contributed by atoms with E-state index in [-0.39, 0.29) is 37.4 Å². The molecular formula is C18H22INO6. The van der Waals surface area contributed by atoms with Crippen LogP contribution in [-0.2, 0) is 20.8 Å². The second kappa shape index (κ2) is 10.0. The zero-order chi connectivity index (χ0) is 19.1. The number of rotatable bonds is 9. The predicted octanol–water partition coefficient (Wildman–Crippen LogP) is 2.15. The summed E-state index contributed by atoms with van der Waals surface area (Å²) in [6.07, 6.45) is 0.860. The summed E-state index contributed by atoms with van der Waals surface area (Å²) in [5, 5.41) is 9.40. The number of aliphatic hydroxyl groups excluding tert-OH is 1. The summed E-state index contributed by atoms with van der Waals surface area (Å²) in [5.41, 5.74) is 0.278. The lowest BCUT2D eigenvalue weighted by atomic mass is 10.1. The summed E-state index contributed by atoms with van der Waals surface area (Å²) in [6.45, 7) is 4.41. The van der Waals surface area contributed by atoms with Crippen molar-refractivity contribution in [1.82, 2.24) is 4.57 Å². The molecule has 2 aromatic rings. The fraction of sp³-hybridized carbons (Fsp3) is 0.444. The highest BCUT2D eigenvalue weighted by Crippen LogP contribution is 2.18. The predicted molar refractivity (Wildman–Crippen MR) is 105 cm³/mol. The molecule has 8 heteroatoms. The number of nitrogens with zero attached hydrogens (tertiary/aromatic N) is 1. The SMILES string of the molecule is CCOC(=O)c1cn(CC(OCC)OCCO)c2cc(I)ccc2c1=O. The normalized spacial score (nSPS) is 12.3. The van der Waals surface area contributed by atoms with Crippen LogP contribution < -0.4 is 5.43 Å². The maximum Gasteiger partial charge on any atom is 0.343 e. The van der Waals surface area contributed by atoms with Gasteiger partial charge in [0.25, 0.3) is 0 Å². The van der Waals surface area contributed by atoms with Gasteiger partial charge < -0.3 is 23.9 Å². The molecule has 0 aliphatic rings. The van der Waals surface area contributed by atoms with Gasteiger partial charge in [0.1, 0.15) is 5.56 Å². The van der Waals surface area contributed by atoms with Crippen molar-refractivity contribution in [2.24, 2.45) is 0 Å². The molecular weight excluding hydrogens is 453 g/mol. The second-order valence-electron chi connectivity index (χ2n) is 5.39. The van der Waals surface area contributed by atoms with Gasteiger partial charge >= 0.3 is 5.97 Å². The monoisotopic (exact) mass is 475 g/mol. The van der Waals surface area contributed by atoms with E-state index in [0.717, 1.165) is 3.57 Å². The van der Waals surface area contributed by atoms with Crippen LogP contribution in [0.4, 0.5) is 0 Å². The Labute approximate surface area is 165 Å². The molecule has 0 aliphatic carbocycles. The molecule has 26 heavy (non-hydrogen) atoms. The van der Waals surface area contributed by atoms with Gasteiger partial charge in [-0.05, 0) is 54.6 Å². The van der Waals surface area contributed by atoms with E-state index in [0.29, 0.717) is 17.5 Å². The Morgan fingerprint density at radius 2 is 2.04 bits per heavy atom. The zero-order valence-electron chi connectivity index (χ0n) is 14.7. The highest BCUT2D eigenvalue weighted by atomic mass is 127. The van der Waals surface area contributed by atoms with Crippen LogP contribution in [0.5, 0.6) is 0 Å². The highest BCUT2D eigenvalue weighted by Gasteiger charge is 2.19. The number of carbonyl (C=O) groups is 1. The summed E-state index contributed by atoms with van der Waals surface area (Å²) in [4.78, 5) is 24.9. The molecule has 1 heterocycles. The van der Waals surface area contributed by atoms with Crippen LogP contribution in [0.3, 0.4) is 0 Å². The van der Waals surface area contributed by atoms with Crippen LogP contribution >= 0.6 is 22.6 Å². The Morgan fingerprint density at radius 1 is 1.27 bits per heavy atom. The highest BCUT2D eigenvalue weighted by molar-refractivity contribution is 14.1. The van der Waals surface area contributed by atoms with Crippen molar-refractivity contribution in [2.45, 2.75) is 26.7 Å². The summed E-state index contributed by atoms with van der Waals surface area (Å²) < 4.78 is 18.8. The molecule has 1 N–H and O–H groups in total. The number of hydrogen-bond acceptors (Lipinski definition) is 6. The van der Waals surface area contributed by atoms with Gasteiger partial charge in [0.2, 0.25) is 5.43 Å². The molecule has 0 saturated heterocycles. The molecule has 0 amide bonds. The molecule has 1 aromatic heterocycles. The van der Waals surface area contributed by atoms with E-state index in [9.17, 15) is 9.59 Å². The molecule has 0 spiro atoms. The Kier molecular flexibility index (Phi) is 8.01. The first-order valence-corrected chi connectivity index (χ1v) is 9.43. The standard InChI is InChI=1S/C18H22INO6/c1-3-24-16(26-8-7-21)11-20-10-14(18(23)25-4-2)17(22)13-6-5-12(19)9-15(13)20/h5-6,9-10,16,21H,3-4,7-8,11H2,1-2H3. The van der Waals surface area contributed by atoms with Crippen LogP contribution in [0.25, 0.3) is 10.9 Å². The van der Waals surface area contributed by atoms with Crippen LogP contribution in [0, 0.1) is 3.57 Å². The molecule has 1 atom stereocenters. The maximum absolute atomic E-state index is 12.7. The smallest absolute Gasteiger partial charge is 0.343 e. The van der Waals surface area contributed by atoms with E-state index < -0.39 is 12.3 Å². The van der Waals surface area contributed by atoms with Gasteiger partial charge in [0.15, 0.2) is 6.29 Å². The molecule has 0 radical (unpaired) electrons. The van der Waals surface area contributed by atoms with E-state index in [1.807, 2.05) is 19.1 Å². The third kappa shape index (κ3) is 5.03. The maximum atomic E-state index is 12.7. The van der Waals surface area contributed by atoms with Crippen molar-refractivity contribution in [1.29, 1.82) is 0 Å². The van der Waals surface area contributed by atoms with E-state index in [2.05, 4.69) is 22.6 Å². The second-order valence-corrected chi connectivity index (χ2v) is 6.63. The van der Waals surface area contributed by atoms with Gasteiger partial charge in [0, 0.05) is 21.8 Å². The number of hydrogen-bond donors (Lipinski definition) is 1. The minimum Gasteiger partial charge on any atom is -0.462 e. The number of halogens is 1. The molecule has 142 valence electrons. The zero-order valence-corrected chi connectivity index (χ0v) is 16.9.